The van der Waals surface area contributed by atoms with Gasteiger partial charge in [-0.3, -0.25) is 13.9 Å². The molecule has 3 aromatic rings. The average molecular weight is 462 g/mol. The molecule has 3 heterocycles. The molecule has 0 radical (unpaired) electrons. The zero-order valence-electron chi connectivity index (χ0n) is 18.2. The van der Waals surface area contributed by atoms with E-state index in [9.17, 15) is 9.59 Å². The summed E-state index contributed by atoms with van der Waals surface area (Å²) in [5, 5.41) is 4.20. The van der Waals surface area contributed by atoms with Gasteiger partial charge in [0.1, 0.15) is 0 Å². The van der Waals surface area contributed by atoms with Gasteiger partial charge in [0.15, 0.2) is 11.2 Å². The third-order valence-corrected chi connectivity index (χ3v) is 7.50. The van der Waals surface area contributed by atoms with E-state index in [2.05, 4.69) is 10.3 Å². The Hall–Kier alpha value is -2.03. The molecule has 4 rings (SSSR count). The van der Waals surface area contributed by atoms with Gasteiger partial charge in [-0.1, -0.05) is 18.0 Å². The number of aromatic nitrogens is 4. The Bertz CT molecular complexity index is 1220. The Morgan fingerprint density at radius 2 is 2.06 bits per heavy atom. The fraction of sp³-hybridized carbons (Fsp3) is 0.500. The second-order valence-electron chi connectivity index (χ2n) is 8.26. The van der Waals surface area contributed by atoms with Gasteiger partial charge in [0.25, 0.3) is 5.56 Å². The lowest BCUT2D eigenvalue weighted by molar-refractivity contribution is 0.395. The Kier molecular flexibility index (Phi) is 6.60. The van der Waals surface area contributed by atoms with Crippen LogP contribution in [0.2, 0.25) is 5.02 Å². The number of aryl methyl sites for hydroxylation is 3. The molecule has 1 unspecified atom stereocenters. The van der Waals surface area contributed by atoms with Gasteiger partial charge in [0.2, 0.25) is 0 Å². The van der Waals surface area contributed by atoms with Crippen LogP contribution in [0.15, 0.2) is 32.9 Å². The third kappa shape index (κ3) is 4.47. The zero-order valence-corrected chi connectivity index (χ0v) is 19.7. The average Bonchev–Trinajstić information content (AvgIpc) is 3.14. The zero-order chi connectivity index (χ0) is 22.1. The molecule has 0 saturated carbocycles. The lowest BCUT2D eigenvalue weighted by Crippen LogP contribution is -2.40. The first-order valence-electron chi connectivity index (χ1n) is 10.6. The summed E-state index contributed by atoms with van der Waals surface area (Å²) in [5.74, 6) is 0.973. The minimum atomic E-state index is -0.379. The van der Waals surface area contributed by atoms with Crippen molar-refractivity contribution in [2.24, 2.45) is 14.1 Å². The molecule has 7 nitrogen and oxygen atoms in total. The fourth-order valence-corrected chi connectivity index (χ4v) is 5.80. The molecule has 31 heavy (non-hydrogen) atoms. The molecular weight excluding hydrogens is 434 g/mol. The van der Waals surface area contributed by atoms with Crippen molar-refractivity contribution < 1.29 is 0 Å². The number of fused-ring (bicyclic) bond motifs is 1. The number of rotatable bonds is 6. The Morgan fingerprint density at radius 3 is 2.81 bits per heavy atom. The predicted molar refractivity (Wildman–Crippen MR) is 126 cm³/mol. The van der Waals surface area contributed by atoms with E-state index in [-0.39, 0.29) is 17.8 Å². The summed E-state index contributed by atoms with van der Waals surface area (Å²) in [6.07, 6.45) is 6.42. The summed E-state index contributed by atoms with van der Waals surface area (Å²) in [7, 11) is 3.40. The Balaban J connectivity index is 1.66. The van der Waals surface area contributed by atoms with Crippen LogP contribution in [0.25, 0.3) is 11.2 Å². The lowest BCUT2D eigenvalue weighted by atomic mass is 10.0. The molecule has 2 aromatic heterocycles. The normalized spacial score (nSPS) is 16.8. The molecule has 0 amide bonds. The van der Waals surface area contributed by atoms with E-state index in [1.54, 1.807) is 36.8 Å². The topological polar surface area (TPSA) is 73.8 Å². The molecule has 9 heteroatoms. The van der Waals surface area contributed by atoms with Gasteiger partial charge in [0, 0.05) is 30.1 Å². The van der Waals surface area contributed by atoms with Crippen molar-refractivity contribution in [2.75, 3.05) is 12.3 Å². The first kappa shape index (κ1) is 22.2. The molecular formula is C22H28ClN5O2S. The van der Waals surface area contributed by atoms with Crippen LogP contribution in [0.3, 0.4) is 0 Å². The summed E-state index contributed by atoms with van der Waals surface area (Å²) in [5.41, 5.74) is 2.06. The van der Waals surface area contributed by atoms with Crippen molar-refractivity contribution in [3.63, 3.8) is 0 Å². The van der Waals surface area contributed by atoms with Crippen molar-refractivity contribution in [2.45, 2.75) is 50.1 Å². The van der Waals surface area contributed by atoms with Crippen LogP contribution in [-0.2, 0) is 20.6 Å². The van der Waals surface area contributed by atoms with Crippen LogP contribution >= 0.6 is 23.4 Å². The summed E-state index contributed by atoms with van der Waals surface area (Å²) in [6.45, 7) is 3.31. The van der Waals surface area contributed by atoms with Crippen LogP contribution < -0.4 is 16.6 Å². The van der Waals surface area contributed by atoms with E-state index in [0.29, 0.717) is 22.2 Å². The lowest BCUT2D eigenvalue weighted by Gasteiger charge is -2.23. The van der Waals surface area contributed by atoms with Crippen molar-refractivity contribution in [3.8, 4) is 0 Å². The summed E-state index contributed by atoms with van der Waals surface area (Å²) >= 11 is 8.13. The van der Waals surface area contributed by atoms with Crippen molar-refractivity contribution in [1.82, 2.24) is 24.0 Å². The summed E-state index contributed by atoms with van der Waals surface area (Å²) in [6, 6.07) is 4.38. The molecule has 1 fully saturated rings. The SMILES string of the molecule is Cc1cc(Cl)cc(Cn2c(=O)c3c(ncn3C)n(C)c2=O)c1SCCC1CCCCN1. The van der Waals surface area contributed by atoms with Gasteiger partial charge in [0.05, 0.1) is 12.9 Å². The second kappa shape index (κ2) is 9.22. The predicted octanol–water partition coefficient (Wildman–Crippen LogP) is 3.07. The third-order valence-electron chi connectivity index (χ3n) is 5.97. The highest BCUT2D eigenvalue weighted by Crippen LogP contribution is 2.31. The highest BCUT2D eigenvalue weighted by molar-refractivity contribution is 7.99. The molecule has 1 atom stereocenters. The van der Waals surface area contributed by atoms with Gasteiger partial charge >= 0.3 is 5.69 Å². The number of halogens is 1. The quantitative estimate of drug-likeness (QED) is 0.571. The van der Waals surface area contributed by atoms with Crippen LogP contribution in [0.1, 0.15) is 36.8 Å². The van der Waals surface area contributed by atoms with Crippen LogP contribution in [0.4, 0.5) is 0 Å². The number of imidazole rings is 1. The maximum atomic E-state index is 13.1. The van der Waals surface area contributed by atoms with Gasteiger partial charge in [-0.25, -0.2) is 9.78 Å². The van der Waals surface area contributed by atoms with Crippen LogP contribution in [0.5, 0.6) is 0 Å². The number of piperidine rings is 1. The monoisotopic (exact) mass is 461 g/mol. The fourth-order valence-electron chi connectivity index (χ4n) is 4.30. The number of hydrogen-bond acceptors (Lipinski definition) is 5. The summed E-state index contributed by atoms with van der Waals surface area (Å²) in [4.78, 5) is 31.4. The van der Waals surface area contributed by atoms with E-state index in [1.165, 1.54) is 28.4 Å². The van der Waals surface area contributed by atoms with Crippen molar-refractivity contribution in [1.29, 1.82) is 0 Å². The van der Waals surface area contributed by atoms with E-state index >= 15 is 0 Å². The van der Waals surface area contributed by atoms with Gasteiger partial charge in [-0.05, 0) is 61.7 Å². The minimum absolute atomic E-state index is 0.179. The second-order valence-corrected chi connectivity index (χ2v) is 9.80. The van der Waals surface area contributed by atoms with Crippen LogP contribution in [0, 0.1) is 6.92 Å². The number of nitrogens with one attached hydrogen (secondary N) is 1. The van der Waals surface area contributed by atoms with E-state index in [0.717, 1.165) is 34.7 Å². The van der Waals surface area contributed by atoms with Crippen molar-refractivity contribution in [3.05, 3.63) is 55.4 Å². The number of hydrogen-bond donors (Lipinski definition) is 1. The first-order valence-corrected chi connectivity index (χ1v) is 12.0. The summed E-state index contributed by atoms with van der Waals surface area (Å²) < 4.78 is 4.36. The largest absolute Gasteiger partial charge is 0.332 e. The smallest absolute Gasteiger partial charge is 0.328 e. The van der Waals surface area contributed by atoms with Crippen LogP contribution in [-0.4, -0.2) is 37.0 Å². The number of benzene rings is 1. The molecule has 1 N–H and O–H groups in total. The molecule has 0 aliphatic carbocycles. The minimum Gasteiger partial charge on any atom is -0.328 e. The van der Waals surface area contributed by atoms with Gasteiger partial charge < -0.3 is 9.88 Å². The van der Waals surface area contributed by atoms with E-state index in [4.69, 9.17) is 11.6 Å². The maximum absolute atomic E-state index is 13.1. The van der Waals surface area contributed by atoms with Crippen molar-refractivity contribution >= 4 is 34.5 Å². The molecule has 1 aromatic carbocycles. The number of nitrogens with zero attached hydrogens (tertiary/aromatic N) is 4. The Morgan fingerprint density at radius 1 is 1.26 bits per heavy atom. The molecule has 0 bridgehead atoms. The standard InChI is InChI=1S/C22H28ClN5O2S/c1-14-10-16(23)11-15(19(14)31-9-7-17-6-4-5-8-24-17)12-28-21(29)18-20(25-13-26(18)2)27(3)22(28)30/h10-11,13,17,24H,4-9,12H2,1-3H3. The van der Waals surface area contributed by atoms with Gasteiger partial charge in [-0.2, -0.15) is 0 Å². The highest BCUT2D eigenvalue weighted by atomic mass is 35.5. The van der Waals surface area contributed by atoms with E-state index in [1.807, 2.05) is 19.1 Å². The molecule has 166 valence electrons. The maximum Gasteiger partial charge on any atom is 0.332 e. The number of thioether (sulfide) groups is 1. The first-order chi connectivity index (χ1) is 14.9. The molecule has 1 aliphatic heterocycles. The molecule has 0 spiro atoms. The molecule has 1 saturated heterocycles. The highest BCUT2D eigenvalue weighted by Gasteiger charge is 2.18. The van der Waals surface area contributed by atoms with Gasteiger partial charge in [-0.15, -0.1) is 11.8 Å². The van der Waals surface area contributed by atoms with E-state index < -0.39 is 0 Å². The molecule has 1 aliphatic rings. The Labute approximate surface area is 190 Å².